The lowest BCUT2D eigenvalue weighted by Gasteiger charge is -2.49. The van der Waals surface area contributed by atoms with Gasteiger partial charge in [0, 0.05) is 28.3 Å². The van der Waals surface area contributed by atoms with Gasteiger partial charge in [0.25, 0.3) is 0 Å². The van der Waals surface area contributed by atoms with Crippen molar-refractivity contribution in [2.75, 3.05) is 4.90 Å². The summed E-state index contributed by atoms with van der Waals surface area (Å²) in [6, 6.07) is 48.5. The molecular weight excluding hydrogens is 538 g/mol. The maximum absolute atomic E-state index is 13.9. The van der Waals surface area contributed by atoms with Crippen LogP contribution in [0.15, 0.2) is 152 Å². The molecule has 0 unspecified atom stereocenters. The first-order valence-corrected chi connectivity index (χ1v) is 14.8. The minimum Gasteiger partial charge on any atom is -0.309 e. The van der Waals surface area contributed by atoms with E-state index in [2.05, 4.69) is 130 Å². The van der Waals surface area contributed by atoms with E-state index >= 15 is 0 Å². The maximum atomic E-state index is 13.9. The van der Waals surface area contributed by atoms with Crippen LogP contribution >= 0.6 is 0 Å². The van der Waals surface area contributed by atoms with E-state index in [0.29, 0.717) is 0 Å². The van der Waals surface area contributed by atoms with Crippen LogP contribution in [0.25, 0.3) is 22.0 Å². The molecule has 0 atom stereocenters. The molecule has 0 bridgehead atoms. The van der Waals surface area contributed by atoms with Gasteiger partial charge in [0.05, 0.1) is 28.0 Å². The Morgan fingerprint density at radius 3 is 1.68 bits per heavy atom. The lowest BCUT2D eigenvalue weighted by molar-refractivity contribution is 0.103. The van der Waals surface area contributed by atoms with Crippen LogP contribution in [0.5, 0.6) is 0 Å². The summed E-state index contributed by atoms with van der Waals surface area (Å²) < 4.78 is 0. The van der Waals surface area contributed by atoms with Crippen LogP contribution in [-0.4, -0.2) is 15.8 Å². The van der Waals surface area contributed by atoms with Crippen LogP contribution < -0.4 is 4.90 Å². The lowest BCUT2D eigenvalue weighted by atomic mass is 9.57. The summed E-state index contributed by atoms with van der Waals surface area (Å²) in [5.41, 5.74) is 11.5. The van der Waals surface area contributed by atoms with Crippen LogP contribution in [0.3, 0.4) is 0 Å². The Kier molecular flexibility index (Phi) is 5.23. The van der Waals surface area contributed by atoms with Crippen molar-refractivity contribution in [3.63, 3.8) is 0 Å². The zero-order valence-corrected chi connectivity index (χ0v) is 23.7. The molecule has 1 aliphatic carbocycles. The molecule has 0 saturated carbocycles. The largest absolute Gasteiger partial charge is 0.309 e. The third-order valence-corrected chi connectivity index (χ3v) is 9.21. The lowest BCUT2D eigenvalue weighted by Crippen LogP contribution is -2.42. The number of ketones is 1. The summed E-state index contributed by atoms with van der Waals surface area (Å²) >= 11 is 0. The van der Waals surface area contributed by atoms with Crippen molar-refractivity contribution in [3.05, 3.63) is 185 Å². The molecule has 1 spiro atoms. The fourth-order valence-corrected chi connectivity index (χ4v) is 7.46. The predicted molar refractivity (Wildman–Crippen MR) is 175 cm³/mol. The molecule has 1 aliphatic heterocycles. The molecule has 0 fully saturated rings. The van der Waals surface area contributed by atoms with Crippen molar-refractivity contribution < 1.29 is 4.79 Å². The van der Waals surface area contributed by atoms with Gasteiger partial charge < -0.3 is 4.90 Å². The van der Waals surface area contributed by atoms with Crippen LogP contribution in [0, 0.1) is 0 Å². The maximum Gasteiger partial charge on any atom is 0.193 e. The molecule has 2 aliphatic rings. The second-order valence-electron chi connectivity index (χ2n) is 11.4. The van der Waals surface area contributed by atoms with Crippen molar-refractivity contribution in [3.8, 4) is 11.1 Å². The van der Waals surface area contributed by atoms with Gasteiger partial charge in [0.1, 0.15) is 6.33 Å². The highest BCUT2D eigenvalue weighted by Gasteiger charge is 2.51. The topological polar surface area (TPSA) is 46.1 Å². The van der Waals surface area contributed by atoms with Crippen molar-refractivity contribution in [1.29, 1.82) is 0 Å². The molecule has 0 N–H and O–H groups in total. The van der Waals surface area contributed by atoms with Gasteiger partial charge in [-0.05, 0) is 58.1 Å². The first-order valence-electron chi connectivity index (χ1n) is 14.8. The summed E-state index contributed by atoms with van der Waals surface area (Å²) in [4.78, 5) is 25.0. The number of hydrogen-bond donors (Lipinski definition) is 0. The fourth-order valence-electron chi connectivity index (χ4n) is 7.46. The van der Waals surface area contributed by atoms with E-state index in [1.165, 1.54) is 0 Å². The molecule has 4 heteroatoms. The van der Waals surface area contributed by atoms with E-state index in [9.17, 15) is 4.79 Å². The molecule has 7 aromatic rings. The van der Waals surface area contributed by atoms with Gasteiger partial charge in [-0.3, -0.25) is 4.79 Å². The quantitative estimate of drug-likeness (QED) is 0.211. The van der Waals surface area contributed by atoms with Gasteiger partial charge in [-0.2, -0.15) is 0 Å². The monoisotopic (exact) mass is 563 g/mol. The molecule has 4 nitrogen and oxygen atoms in total. The van der Waals surface area contributed by atoms with Gasteiger partial charge in [0.2, 0.25) is 0 Å². The van der Waals surface area contributed by atoms with Crippen LogP contribution in [-0.2, 0) is 5.41 Å². The normalized spacial score (nSPS) is 14.1. The summed E-state index contributed by atoms with van der Waals surface area (Å²) in [5.74, 6) is 0.0739. The summed E-state index contributed by atoms with van der Waals surface area (Å²) in [5, 5.41) is 0.998. The van der Waals surface area contributed by atoms with Gasteiger partial charge in [-0.15, -0.1) is 0 Å². The van der Waals surface area contributed by atoms with Crippen LogP contribution in [0.4, 0.5) is 17.1 Å². The Hall–Kier alpha value is -5.87. The van der Waals surface area contributed by atoms with E-state index in [0.717, 1.165) is 72.5 Å². The van der Waals surface area contributed by atoms with Crippen molar-refractivity contribution in [1.82, 2.24) is 9.97 Å². The molecule has 0 amide bonds. The standard InChI is InChI=1S/C40H25N3O/c44-39-29-12-1-4-14-31(29)40(32-15-5-2-13-30(32)39)33-16-6-9-19-37(33)43(38-20-10-7-17-34(38)40)36-18-8-3-11-28(36)26-21-22-35-27(23-26)24-41-25-42-35/h1-25H. The molecule has 6 aromatic carbocycles. The molecule has 9 rings (SSSR count). The predicted octanol–water partition coefficient (Wildman–Crippen LogP) is 9.01. The van der Waals surface area contributed by atoms with Crippen LogP contribution in [0.2, 0.25) is 0 Å². The van der Waals surface area contributed by atoms with Crippen LogP contribution in [0.1, 0.15) is 38.2 Å². The van der Waals surface area contributed by atoms with E-state index in [1.54, 1.807) is 6.33 Å². The molecule has 206 valence electrons. The number of benzene rings is 6. The number of carbonyl (C=O) groups excluding carboxylic acids is 1. The fraction of sp³-hybridized carbons (Fsp3) is 0.0250. The molecule has 44 heavy (non-hydrogen) atoms. The number of anilines is 3. The second kappa shape index (κ2) is 9.32. The Morgan fingerprint density at radius 2 is 1.05 bits per heavy atom. The Balaban J connectivity index is 1.37. The number of rotatable bonds is 2. The zero-order valence-electron chi connectivity index (χ0n) is 23.7. The number of fused-ring (bicyclic) bond motifs is 9. The number of hydrogen-bond acceptors (Lipinski definition) is 4. The SMILES string of the molecule is O=C1c2ccccc2C2(c3ccccc31)c1ccccc1N(c1ccccc1-c1ccc3ncncc3c1)c1ccccc12. The minimum atomic E-state index is -0.667. The third kappa shape index (κ3) is 3.25. The summed E-state index contributed by atoms with van der Waals surface area (Å²) in [7, 11) is 0. The second-order valence-corrected chi connectivity index (χ2v) is 11.4. The number of aromatic nitrogens is 2. The van der Waals surface area contributed by atoms with Crippen molar-refractivity contribution in [2.24, 2.45) is 0 Å². The summed E-state index contributed by atoms with van der Waals surface area (Å²) in [6.45, 7) is 0. The minimum absolute atomic E-state index is 0.0739. The van der Waals surface area contributed by atoms with Crippen molar-refractivity contribution >= 4 is 33.7 Å². The molecule has 1 aromatic heterocycles. The van der Waals surface area contributed by atoms with E-state index in [4.69, 9.17) is 0 Å². The average Bonchev–Trinajstić information content (AvgIpc) is 3.10. The van der Waals surface area contributed by atoms with E-state index in [1.807, 2.05) is 30.5 Å². The highest BCUT2D eigenvalue weighted by Crippen LogP contribution is 2.60. The Labute approximate surface area is 254 Å². The van der Waals surface area contributed by atoms with E-state index < -0.39 is 5.41 Å². The first kappa shape index (κ1) is 24.7. The summed E-state index contributed by atoms with van der Waals surface area (Å²) in [6.07, 6.45) is 3.45. The first-order chi connectivity index (χ1) is 21.8. The Bertz CT molecular complexity index is 2190. The Morgan fingerprint density at radius 1 is 0.523 bits per heavy atom. The number of carbonyl (C=O) groups is 1. The molecule has 0 radical (unpaired) electrons. The van der Waals surface area contributed by atoms with Gasteiger partial charge in [0.15, 0.2) is 5.78 Å². The third-order valence-electron chi connectivity index (χ3n) is 9.21. The molecule has 2 heterocycles. The highest BCUT2D eigenvalue weighted by atomic mass is 16.1. The van der Waals surface area contributed by atoms with Crippen molar-refractivity contribution in [2.45, 2.75) is 5.41 Å². The molecule has 0 saturated heterocycles. The molecular formula is C40H25N3O. The highest BCUT2D eigenvalue weighted by molar-refractivity contribution is 6.15. The van der Waals surface area contributed by atoms with E-state index in [-0.39, 0.29) is 5.78 Å². The number of nitrogens with zero attached hydrogens (tertiary/aromatic N) is 3. The average molecular weight is 564 g/mol. The zero-order chi connectivity index (χ0) is 29.3. The number of para-hydroxylation sites is 3. The smallest absolute Gasteiger partial charge is 0.193 e. The van der Waals surface area contributed by atoms with Gasteiger partial charge >= 0.3 is 0 Å². The van der Waals surface area contributed by atoms with Gasteiger partial charge in [-0.25, -0.2) is 9.97 Å². The van der Waals surface area contributed by atoms with Gasteiger partial charge in [-0.1, -0.05) is 109 Å².